The number of anilines is 1. The number of sulfonamides is 2. The molecule has 0 atom stereocenters. The summed E-state index contributed by atoms with van der Waals surface area (Å²) in [6.07, 6.45) is 2.94. The van der Waals surface area contributed by atoms with Crippen LogP contribution in [-0.4, -0.2) is 59.5 Å². The second kappa shape index (κ2) is 12.4. The first-order valence-corrected chi connectivity index (χ1v) is 16.4. The SMILES string of the molecule is Cc1cc(C)cc(N(Cc2ccc(C(=O)NCCOc3ccc(S(=O)(=O)N4CCCC4)cc3)cc2)S(C)(=O)=O)c1. The lowest BCUT2D eigenvalue weighted by Crippen LogP contribution is -2.30. The van der Waals surface area contributed by atoms with E-state index in [-0.39, 0.29) is 30.5 Å². The highest BCUT2D eigenvalue weighted by Crippen LogP contribution is 2.24. The third-order valence-corrected chi connectivity index (χ3v) is 9.67. The van der Waals surface area contributed by atoms with E-state index < -0.39 is 20.0 Å². The van der Waals surface area contributed by atoms with Crippen LogP contribution in [0.2, 0.25) is 0 Å². The predicted molar refractivity (Wildman–Crippen MR) is 156 cm³/mol. The number of benzene rings is 3. The molecule has 3 aromatic carbocycles. The highest BCUT2D eigenvalue weighted by atomic mass is 32.2. The summed E-state index contributed by atoms with van der Waals surface area (Å²) in [5.41, 5.74) is 3.74. The maximum atomic E-state index is 12.6. The van der Waals surface area contributed by atoms with E-state index in [4.69, 9.17) is 4.74 Å². The molecule has 1 heterocycles. The first kappa shape index (κ1) is 29.6. The fourth-order valence-electron chi connectivity index (χ4n) is 4.64. The van der Waals surface area contributed by atoms with Crippen molar-refractivity contribution in [2.75, 3.05) is 36.8 Å². The van der Waals surface area contributed by atoms with Crippen molar-refractivity contribution < 1.29 is 26.4 Å². The molecule has 1 N–H and O–H groups in total. The largest absolute Gasteiger partial charge is 0.492 e. The van der Waals surface area contributed by atoms with Crippen molar-refractivity contribution in [2.45, 2.75) is 38.1 Å². The lowest BCUT2D eigenvalue weighted by atomic mass is 10.1. The number of nitrogens with one attached hydrogen (secondary N) is 1. The first-order chi connectivity index (χ1) is 18.9. The van der Waals surface area contributed by atoms with Crippen LogP contribution in [-0.2, 0) is 26.6 Å². The zero-order valence-electron chi connectivity index (χ0n) is 23.0. The molecular weight excluding hydrogens is 550 g/mol. The fraction of sp³-hybridized carbons (Fsp3) is 0.345. The average molecular weight is 586 g/mol. The summed E-state index contributed by atoms with van der Waals surface area (Å²) in [5, 5.41) is 2.79. The predicted octanol–water partition coefficient (Wildman–Crippen LogP) is 3.86. The normalized spacial score (nSPS) is 14.2. The monoisotopic (exact) mass is 585 g/mol. The van der Waals surface area contributed by atoms with Gasteiger partial charge in [0.1, 0.15) is 12.4 Å². The van der Waals surface area contributed by atoms with E-state index in [9.17, 15) is 21.6 Å². The number of hydrogen-bond donors (Lipinski definition) is 1. The summed E-state index contributed by atoms with van der Waals surface area (Å²) in [6.45, 7) is 5.56. The van der Waals surface area contributed by atoms with Gasteiger partial charge in [-0.25, -0.2) is 16.8 Å². The number of hydrogen-bond acceptors (Lipinski definition) is 6. The maximum Gasteiger partial charge on any atom is 0.251 e. The zero-order chi connectivity index (χ0) is 28.9. The van der Waals surface area contributed by atoms with Crippen LogP contribution in [0.25, 0.3) is 0 Å². The number of carbonyl (C=O) groups excluding carboxylic acids is 1. The molecule has 0 aliphatic carbocycles. The van der Waals surface area contributed by atoms with Crippen LogP contribution in [0, 0.1) is 13.8 Å². The Kier molecular flexibility index (Phi) is 9.17. The van der Waals surface area contributed by atoms with Crippen LogP contribution in [0.1, 0.15) is 39.9 Å². The average Bonchev–Trinajstić information content (AvgIpc) is 3.45. The molecule has 1 fully saturated rings. The molecule has 4 rings (SSSR count). The van der Waals surface area contributed by atoms with Gasteiger partial charge in [-0.05, 0) is 91.9 Å². The first-order valence-electron chi connectivity index (χ1n) is 13.1. The molecule has 3 aromatic rings. The van der Waals surface area contributed by atoms with Gasteiger partial charge in [0.2, 0.25) is 20.0 Å². The van der Waals surface area contributed by atoms with E-state index in [0.29, 0.717) is 30.1 Å². The molecule has 40 heavy (non-hydrogen) atoms. The Morgan fingerprint density at radius 2 is 1.50 bits per heavy atom. The number of amides is 1. The molecule has 0 radical (unpaired) electrons. The minimum absolute atomic E-state index is 0.148. The van der Waals surface area contributed by atoms with Crippen molar-refractivity contribution in [3.05, 3.63) is 89.0 Å². The van der Waals surface area contributed by atoms with Gasteiger partial charge in [-0.1, -0.05) is 18.2 Å². The van der Waals surface area contributed by atoms with Gasteiger partial charge < -0.3 is 10.1 Å². The summed E-state index contributed by atoms with van der Waals surface area (Å²) in [7, 11) is -6.99. The Morgan fingerprint density at radius 3 is 2.08 bits per heavy atom. The molecule has 11 heteroatoms. The highest BCUT2D eigenvalue weighted by molar-refractivity contribution is 7.92. The van der Waals surface area contributed by atoms with Crippen LogP contribution >= 0.6 is 0 Å². The van der Waals surface area contributed by atoms with Gasteiger partial charge >= 0.3 is 0 Å². The molecule has 214 valence electrons. The second-order valence-electron chi connectivity index (χ2n) is 10.00. The standard InChI is InChI=1S/C29H35N3O6S2/c1-22-18-23(2)20-26(19-22)32(39(3,34)35)21-24-6-8-25(9-7-24)29(33)30-14-17-38-27-10-12-28(13-11-27)40(36,37)31-15-4-5-16-31/h6-13,18-20H,4-5,14-17,21H2,1-3H3,(H,30,33). The van der Waals surface area contributed by atoms with Crippen molar-refractivity contribution >= 4 is 31.6 Å². The molecule has 0 saturated carbocycles. The maximum absolute atomic E-state index is 12.6. The Morgan fingerprint density at radius 1 is 0.900 bits per heavy atom. The molecule has 1 saturated heterocycles. The molecule has 9 nitrogen and oxygen atoms in total. The van der Waals surface area contributed by atoms with E-state index in [1.165, 1.54) is 27.0 Å². The molecule has 0 aromatic heterocycles. The Labute approximate surface area is 236 Å². The summed E-state index contributed by atoms with van der Waals surface area (Å²) in [6, 6.07) is 18.8. The van der Waals surface area contributed by atoms with Crippen LogP contribution in [0.5, 0.6) is 5.75 Å². The van der Waals surface area contributed by atoms with E-state index >= 15 is 0 Å². The third-order valence-electron chi connectivity index (χ3n) is 6.62. The van der Waals surface area contributed by atoms with Crippen LogP contribution < -0.4 is 14.4 Å². The van der Waals surface area contributed by atoms with E-state index in [2.05, 4.69) is 5.32 Å². The molecular formula is C29H35N3O6S2. The van der Waals surface area contributed by atoms with Gasteiger partial charge in [0.15, 0.2) is 0 Å². The van der Waals surface area contributed by atoms with Gasteiger partial charge in [0, 0.05) is 18.7 Å². The lowest BCUT2D eigenvalue weighted by Gasteiger charge is -2.23. The van der Waals surface area contributed by atoms with Crippen LogP contribution in [0.4, 0.5) is 5.69 Å². The van der Waals surface area contributed by atoms with Gasteiger partial charge in [-0.3, -0.25) is 9.10 Å². The molecule has 1 amide bonds. The molecule has 0 spiro atoms. The quantitative estimate of drug-likeness (QED) is 0.342. The van der Waals surface area contributed by atoms with Crippen molar-refractivity contribution in [2.24, 2.45) is 0 Å². The van der Waals surface area contributed by atoms with E-state index in [1.54, 1.807) is 36.4 Å². The van der Waals surface area contributed by atoms with Crippen molar-refractivity contribution in [1.29, 1.82) is 0 Å². The summed E-state index contributed by atoms with van der Waals surface area (Å²) >= 11 is 0. The van der Waals surface area contributed by atoms with Crippen LogP contribution in [0.15, 0.2) is 71.6 Å². The molecule has 0 unspecified atom stereocenters. The summed E-state index contributed by atoms with van der Waals surface area (Å²) in [5.74, 6) is 0.231. The minimum Gasteiger partial charge on any atom is -0.492 e. The number of ether oxygens (including phenoxy) is 1. The topological polar surface area (TPSA) is 113 Å². The number of rotatable bonds is 11. The van der Waals surface area contributed by atoms with Crippen molar-refractivity contribution in [3.8, 4) is 5.75 Å². The smallest absolute Gasteiger partial charge is 0.251 e. The van der Waals surface area contributed by atoms with Gasteiger partial charge in [-0.15, -0.1) is 0 Å². The van der Waals surface area contributed by atoms with E-state index in [1.807, 2.05) is 32.0 Å². The van der Waals surface area contributed by atoms with Crippen molar-refractivity contribution in [1.82, 2.24) is 9.62 Å². The summed E-state index contributed by atoms with van der Waals surface area (Å²) < 4.78 is 58.8. The fourth-order valence-corrected chi connectivity index (χ4v) is 7.03. The Balaban J connectivity index is 1.29. The molecule has 0 bridgehead atoms. The number of carbonyl (C=O) groups is 1. The second-order valence-corrected chi connectivity index (χ2v) is 13.8. The van der Waals surface area contributed by atoms with Gasteiger partial charge in [-0.2, -0.15) is 4.31 Å². The summed E-state index contributed by atoms with van der Waals surface area (Å²) in [4.78, 5) is 12.8. The van der Waals surface area contributed by atoms with Crippen molar-refractivity contribution in [3.63, 3.8) is 0 Å². The number of aryl methyl sites for hydroxylation is 2. The van der Waals surface area contributed by atoms with Gasteiger partial charge in [0.05, 0.1) is 29.9 Å². The zero-order valence-corrected chi connectivity index (χ0v) is 24.6. The Hall–Kier alpha value is -3.41. The molecule has 1 aliphatic heterocycles. The van der Waals surface area contributed by atoms with E-state index in [0.717, 1.165) is 29.5 Å². The Bertz CT molecular complexity index is 1530. The third kappa shape index (κ3) is 7.41. The molecule has 1 aliphatic rings. The minimum atomic E-state index is -3.52. The number of nitrogens with zero attached hydrogens (tertiary/aromatic N) is 2. The lowest BCUT2D eigenvalue weighted by molar-refractivity contribution is 0.0947. The van der Waals surface area contributed by atoms with Gasteiger partial charge in [0.25, 0.3) is 5.91 Å². The van der Waals surface area contributed by atoms with Crippen LogP contribution in [0.3, 0.4) is 0 Å². The highest BCUT2D eigenvalue weighted by Gasteiger charge is 2.27.